The summed E-state index contributed by atoms with van der Waals surface area (Å²) in [6.45, 7) is 20.6. The van der Waals surface area contributed by atoms with Gasteiger partial charge in [-0.15, -0.1) is 0 Å². The Labute approximate surface area is 405 Å². The van der Waals surface area contributed by atoms with Crippen LogP contribution in [0.5, 0.6) is 0 Å². The minimum absolute atomic E-state index is 0.573. The van der Waals surface area contributed by atoms with E-state index in [0.717, 1.165) is 82.3 Å². The van der Waals surface area contributed by atoms with E-state index in [-0.39, 0.29) is 0 Å². The first-order chi connectivity index (χ1) is 31.4. The van der Waals surface area contributed by atoms with E-state index in [0.29, 0.717) is 16.2 Å². The summed E-state index contributed by atoms with van der Waals surface area (Å²) in [5.74, 6) is 18.3. The molecule has 12 rings (SSSR count). The quantitative estimate of drug-likeness (QED) is 0.233. The van der Waals surface area contributed by atoms with Gasteiger partial charge in [0.05, 0.1) is 0 Å². The molecule has 12 aliphatic rings. The van der Waals surface area contributed by atoms with Crippen LogP contribution in [0.25, 0.3) is 0 Å². The molecule has 0 heteroatoms. The predicted molar refractivity (Wildman–Crippen MR) is 280 cm³/mol. The lowest BCUT2D eigenvalue weighted by molar-refractivity contribution is -0.110. The molecule has 11 fully saturated rings. The van der Waals surface area contributed by atoms with Crippen LogP contribution in [0.2, 0.25) is 0 Å². The van der Waals surface area contributed by atoms with E-state index >= 15 is 0 Å². The third-order valence-electron chi connectivity index (χ3n) is 26.6. The molecule has 0 spiro atoms. The maximum absolute atomic E-state index is 2.74. The largest absolute Gasteiger partial charge is 0.0845 e. The zero-order chi connectivity index (χ0) is 45.1. The highest BCUT2D eigenvalue weighted by Gasteiger charge is 2.61. The first kappa shape index (κ1) is 48.4. The highest BCUT2D eigenvalue weighted by atomic mass is 14.7. The smallest absolute Gasteiger partial charge is 0.00853 e. The zero-order valence-electron chi connectivity index (χ0n) is 44.9. The van der Waals surface area contributed by atoms with Gasteiger partial charge in [-0.3, -0.25) is 0 Å². The summed E-state index contributed by atoms with van der Waals surface area (Å²) in [6.07, 6.45) is 54.9. The Bertz CT molecular complexity index is 1600. The van der Waals surface area contributed by atoms with Crippen LogP contribution in [0.1, 0.15) is 274 Å². The summed E-state index contributed by atoms with van der Waals surface area (Å²) in [4.78, 5) is 0. The van der Waals surface area contributed by atoms with Gasteiger partial charge in [0.25, 0.3) is 0 Å². The standard InChI is InChI=1S/C27H46.C21H36.C17H28/c1-19(2)9-8-10-20(3)23-14-15-24-22-13-12-21-11-6-7-17-26(21,4)25(22)16-18-27(23,24)5;1-4-15-9-11-18-17-10-8-16-7-5-6-13-20(16,2)19(17)12-14-21(15,18)3;1-2-6-14-12(4-1)8-10-17-15-7-3-5-13(15)9-11-16(14)17/h12,19-20,22-25H,6-11,13-18H2,1-5H3;15-19H,4-14H2,1-3H3;12-17H,1-11H2/t20-,22+,23-,24+,25+,26+,27-;15-,16?,17-,18-,19-,20-,21+;12?,13-,14-,15+,16+,17-/m100/s1. The Balaban J connectivity index is 0.000000118. The van der Waals surface area contributed by atoms with Crippen LogP contribution >= 0.6 is 0 Å². The number of allylic oxidation sites excluding steroid dienone is 2. The topological polar surface area (TPSA) is 0 Å². The van der Waals surface area contributed by atoms with Crippen molar-refractivity contribution in [1.29, 1.82) is 0 Å². The Morgan fingerprint density at radius 3 is 1.88 bits per heavy atom. The Hall–Kier alpha value is -0.260. The fourth-order valence-electron chi connectivity index (χ4n) is 23.2. The van der Waals surface area contributed by atoms with Crippen LogP contribution in [-0.4, -0.2) is 0 Å². The Kier molecular flexibility index (Phi) is 14.7. The minimum Gasteiger partial charge on any atom is -0.0845 e. The van der Waals surface area contributed by atoms with E-state index in [4.69, 9.17) is 0 Å². The van der Waals surface area contributed by atoms with Crippen LogP contribution in [-0.2, 0) is 0 Å². The molecule has 0 radical (unpaired) electrons. The molecule has 0 heterocycles. The maximum Gasteiger partial charge on any atom is -0.00853 e. The van der Waals surface area contributed by atoms with Crippen LogP contribution < -0.4 is 0 Å². The number of hydrogen-bond acceptors (Lipinski definition) is 0. The summed E-state index contributed by atoms with van der Waals surface area (Å²) >= 11 is 0. The Morgan fingerprint density at radius 1 is 0.477 bits per heavy atom. The summed E-state index contributed by atoms with van der Waals surface area (Å²) in [5.41, 5.74) is 4.54. The second-order valence-electron chi connectivity index (χ2n) is 29.2. The van der Waals surface area contributed by atoms with E-state index in [1.165, 1.54) is 120 Å². The van der Waals surface area contributed by atoms with E-state index in [1.54, 1.807) is 122 Å². The van der Waals surface area contributed by atoms with Crippen molar-refractivity contribution in [1.82, 2.24) is 0 Å². The molecule has 0 aromatic rings. The summed E-state index contributed by atoms with van der Waals surface area (Å²) in [6, 6.07) is 0. The molecule has 65 heavy (non-hydrogen) atoms. The molecule has 0 saturated heterocycles. The van der Waals surface area contributed by atoms with E-state index in [2.05, 4.69) is 61.5 Å². The first-order valence-corrected chi connectivity index (χ1v) is 31.1. The van der Waals surface area contributed by atoms with Gasteiger partial charge in [0.2, 0.25) is 0 Å². The lowest BCUT2D eigenvalue weighted by Gasteiger charge is -2.60. The van der Waals surface area contributed by atoms with Crippen molar-refractivity contribution in [3.05, 3.63) is 11.6 Å². The van der Waals surface area contributed by atoms with E-state index in [9.17, 15) is 0 Å². The maximum atomic E-state index is 2.74. The molecular formula is C65H110. The van der Waals surface area contributed by atoms with Crippen molar-refractivity contribution in [3.63, 3.8) is 0 Å². The molecule has 12 aliphatic carbocycles. The Morgan fingerprint density at radius 2 is 1.11 bits per heavy atom. The number of hydrogen-bond donors (Lipinski definition) is 0. The van der Waals surface area contributed by atoms with Gasteiger partial charge in [-0.2, -0.15) is 0 Å². The molecule has 370 valence electrons. The molecule has 0 bridgehead atoms. The summed E-state index contributed by atoms with van der Waals surface area (Å²) in [7, 11) is 0. The van der Waals surface area contributed by atoms with Gasteiger partial charge in [-0.1, -0.05) is 144 Å². The molecule has 0 aromatic heterocycles. The molecule has 11 saturated carbocycles. The molecular weight excluding hydrogens is 781 g/mol. The lowest BCUT2D eigenvalue weighted by atomic mass is 9.45. The van der Waals surface area contributed by atoms with Gasteiger partial charge >= 0.3 is 0 Å². The van der Waals surface area contributed by atoms with Gasteiger partial charge in [0.15, 0.2) is 0 Å². The molecule has 0 N–H and O–H groups in total. The van der Waals surface area contributed by atoms with Gasteiger partial charge in [0, 0.05) is 0 Å². The molecule has 0 aliphatic heterocycles. The number of rotatable bonds is 6. The molecule has 2 unspecified atom stereocenters. The van der Waals surface area contributed by atoms with Crippen LogP contribution in [0.15, 0.2) is 11.6 Å². The highest BCUT2D eigenvalue weighted by Crippen LogP contribution is 2.69. The second kappa shape index (κ2) is 19.7. The second-order valence-corrected chi connectivity index (χ2v) is 29.2. The molecule has 20 atom stereocenters. The molecule has 0 aromatic carbocycles. The monoisotopic (exact) mass is 891 g/mol. The van der Waals surface area contributed by atoms with Crippen LogP contribution in [0.3, 0.4) is 0 Å². The summed E-state index contributed by atoms with van der Waals surface area (Å²) < 4.78 is 0. The van der Waals surface area contributed by atoms with Crippen molar-refractivity contribution >= 4 is 0 Å². The molecule has 0 nitrogen and oxygen atoms in total. The van der Waals surface area contributed by atoms with Gasteiger partial charge in [0.1, 0.15) is 0 Å². The average Bonchev–Trinajstić information content (AvgIpc) is 4.04. The van der Waals surface area contributed by atoms with Crippen molar-refractivity contribution < 1.29 is 0 Å². The van der Waals surface area contributed by atoms with Gasteiger partial charge in [-0.05, 0) is 264 Å². The minimum atomic E-state index is 0.573. The van der Waals surface area contributed by atoms with E-state index < -0.39 is 0 Å². The fourth-order valence-corrected chi connectivity index (χ4v) is 23.2. The fraction of sp³-hybridized carbons (Fsp3) is 0.969. The zero-order valence-corrected chi connectivity index (χ0v) is 44.9. The number of fused-ring (bicyclic) bond motifs is 15. The third-order valence-corrected chi connectivity index (χ3v) is 26.6. The molecule has 0 amide bonds. The van der Waals surface area contributed by atoms with Gasteiger partial charge < -0.3 is 0 Å². The predicted octanol–water partition coefficient (Wildman–Crippen LogP) is 19.9. The average molecular weight is 892 g/mol. The van der Waals surface area contributed by atoms with Crippen LogP contribution in [0, 0.1) is 122 Å². The van der Waals surface area contributed by atoms with Gasteiger partial charge in [-0.25, -0.2) is 0 Å². The summed E-state index contributed by atoms with van der Waals surface area (Å²) in [5, 5.41) is 0. The highest BCUT2D eigenvalue weighted by molar-refractivity contribution is 5.24. The third kappa shape index (κ3) is 8.74. The lowest BCUT2D eigenvalue weighted by Crippen LogP contribution is -2.52. The van der Waals surface area contributed by atoms with Crippen molar-refractivity contribution in [2.24, 2.45) is 122 Å². The van der Waals surface area contributed by atoms with Crippen molar-refractivity contribution in [3.8, 4) is 0 Å². The van der Waals surface area contributed by atoms with Crippen LogP contribution in [0.4, 0.5) is 0 Å². The normalized spacial score (nSPS) is 51.0. The SMILES string of the molecule is C1CC[C@H]2C(C1)CC[C@H]1[C@@H]3CCC[C@H]3CC[C@@H]12.CC(C)CCC[C@@H](C)[C@H]1CC[C@H]2[C@@H]3CC=C4CCCC[C@]4(C)[C@H]3CC[C@]12C.CC[C@H]1CC[C@H]2[C@@H]3CCC4CCCC[C@]4(C)[C@H]3CC[C@]12C. The first-order valence-electron chi connectivity index (χ1n) is 31.1. The van der Waals surface area contributed by atoms with Crippen molar-refractivity contribution in [2.45, 2.75) is 274 Å². The van der Waals surface area contributed by atoms with Crippen molar-refractivity contribution in [2.75, 3.05) is 0 Å². The van der Waals surface area contributed by atoms with E-state index in [1.807, 2.05) is 5.57 Å².